The lowest BCUT2D eigenvalue weighted by Gasteiger charge is -2.26. The summed E-state index contributed by atoms with van der Waals surface area (Å²) >= 11 is 6.37. The number of amides is 1. The lowest BCUT2D eigenvalue weighted by atomic mass is 10.1. The largest absolute Gasteiger partial charge is 0.486 e. The van der Waals surface area contributed by atoms with Gasteiger partial charge >= 0.3 is 0 Å². The molecule has 0 bridgehead atoms. The molecule has 0 saturated carbocycles. The van der Waals surface area contributed by atoms with E-state index in [2.05, 4.69) is 12.2 Å². The third-order valence-corrected chi connectivity index (χ3v) is 5.31. The first kappa shape index (κ1) is 17.0. The Balaban J connectivity index is 1.72. The highest BCUT2D eigenvalue weighted by Crippen LogP contribution is 2.38. The summed E-state index contributed by atoms with van der Waals surface area (Å²) in [7, 11) is 0. The molecule has 134 valence electrons. The second-order valence-electron chi connectivity index (χ2n) is 6.70. The molecular weight excluding hydrogens is 348 g/mol. The first-order valence-electron chi connectivity index (χ1n) is 8.92. The number of ether oxygens (including phenoxy) is 1. The Morgan fingerprint density at radius 1 is 1.31 bits per heavy atom. The van der Waals surface area contributed by atoms with Crippen LogP contribution in [0.2, 0.25) is 5.02 Å². The van der Waals surface area contributed by atoms with Crippen molar-refractivity contribution in [3.63, 3.8) is 0 Å². The summed E-state index contributed by atoms with van der Waals surface area (Å²) < 4.78 is 8.08. The van der Waals surface area contributed by atoms with Crippen molar-refractivity contribution in [3.05, 3.63) is 64.8 Å². The molecule has 1 amide bonds. The summed E-state index contributed by atoms with van der Waals surface area (Å²) in [6, 6.07) is 15.5. The fourth-order valence-corrected chi connectivity index (χ4v) is 3.72. The molecule has 1 aliphatic rings. The van der Waals surface area contributed by atoms with Gasteiger partial charge in [-0.25, -0.2) is 0 Å². The first-order chi connectivity index (χ1) is 12.6. The third-order valence-electron chi connectivity index (χ3n) is 4.98. The first-order valence-corrected chi connectivity index (χ1v) is 9.30. The summed E-state index contributed by atoms with van der Waals surface area (Å²) in [5.41, 5.74) is 2.60. The van der Waals surface area contributed by atoms with Crippen molar-refractivity contribution in [1.82, 2.24) is 9.88 Å². The molecule has 3 aromatic rings. The van der Waals surface area contributed by atoms with Crippen LogP contribution in [0.1, 0.15) is 42.4 Å². The van der Waals surface area contributed by atoms with Crippen molar-refractivity contribution in [2.75, 3.05) is 0 Å². The Kier molecular flexibility index (Phi) is 4.37. The van der Waals surface area contributed by atoms with E-state index >= 15 is 0 Å². The molecule has 26 heavy (non-hydrogen) atoms. The molecule has 0 saturated heterocycles. The number of hydrogen-bond acceptors (Lipinski definition) is 2. The number of benzene rings is 2. The van der Waals surface area contributed by atoms with Gasteiger partial charge in [-0.3, -0.25) is 4.79 Å². The summed E-state index contributed by atoms with van der Waals surface area (Å²) in [5.74, 6) is 0.689. The molecule has 4 nitrogen and oxygen atoms in total. The number of nitrogens with one attached hydrogen (secondary N) is 1. The van der Waals surface area contributed by atoms with Gasteiger partial charge in [0.25, 0.3) is 5.91 Å². The fraction of sp³-hybridized carbons (Fsp3) is 0.286. The van der Waals surface area contributed by atoms with Gasteiger partial charge < -0.3 is 14.6 Å². The maximum Gasteiger partial charge on any atom is 0.268 e. The van der Waals surface area contributed by atoms with Gasteiger partial charge in [0.05, 0.1) is 23.1 Å². The van der Waals surface area contributed by atoms with Crippen LogP contribution in [0.3, 0.4) is 0 Å². The number of aromatic nitrogens is 1. The maximum atomic E-state index is 13.0. The average Bonchev–Trinajstić information content (AvgIpc) is 3.06. The maximum absolute atomic E-state index is 13.0. The van der Waals surface area contributed by atoms with Gasteiger partial charge in [0.2, 0.25) is 0 Å². The molecule has 0 aliphatic carbocycles. The average molecular weight is 369 g/mol. The lowest BCUT2D eigenvalue weighted by molar-refractivity contribution is 0.0924. The van der Waals surface area contributed by atoms with Gasteiger partial charge in [0.1, 0.15) is 17.5 Å². The lowest BCUT2D eigenvalue weighted by Crippen LogP contribution is -2.32. The summed E-state index contributed by atoms with van der Waals surface area (Å²) in [6.07, 6.45) is 0.931. The molecule has 0 spiro atoms. The Bertz CT molecular complexity index is 965. The highest BCUT2D eigenvalue weighted by molar-refractivity contribution is 6.36. The molecular formula is C21H21ClN2O2. The molecule has 1 aromatic heterocycles. The number of carbonyl (C=O) groups is 1. The minimum atomic E-state index is -0.101. The Hall–Kier alpha value is -2.46. The second-order valence-corrected chi connectivity index (χ2v) is 7.11. The topological polar surface area (TPSA) is 43.3 Å². The van der Waals surface area contributed by atoms with Crippen LogP contribution in [-0.4, -0.2) is 16.6 Å². The fourth-order valence-electron chi connectivity index (χ4n) is 3.52. The molecule has 1 N–H and O–H groups in total. The standard InChI is InChI=1S/C21H21ClN2O2/c1-3-15-12-24-18(11-16-17(22)9-10-19(26-15)20(16)24)21(25)23-13(2)14-7-5-4-6-8-14/h4-11,13,15H,3,12H2,1-2H3,(H,23,25). The van der Waals surface area contributed by atoms with Crippen LogP contribution < -0.4 is 10.1 Å². The van der Waals surface area contributed by atoms with E-state index in [1.54, 1.807) is 0 Å². The van der Waals surface area contributed by atoms with E-state index in [4.69, 9.17) is 16.3 Å². The SMILES string of the molecule is CCC1Cn2c(C(=O)NC(C)c3ccccc3)cc3c(Cl)ccc(c32)O1. The van der Waals surface area contributed by atoms with Crippen molar-refractivity contribution < 1.29 is 9.53 Å². The van der Waals surface area contributed by atoms with Crippen molar-refractivity contribution in [1.29, 1.82) is 0 Å². The zero-order chi connectivity index (χ0) is 18.3. The van der Waals surface area contributed by atoms with E-state index in [0.29, 0.717) is 17.3 Å². The summed E-state index contributed by atoms with van der Waals surface area (Å²) in [6.45, 7) is 4.72. The van der Waals surface area contributed by atoms with Crippen LogP contribution in [0.15, 0.2) is 48.5 Å². The van der Waals surface area contributed by atoms with Crippen LogP contribution in [0.5, 0.6) is 5.75 Å². The normalized spacial score (nSPS) is 17.0. The van der Waals surface area contributed by atoms with Crippen LogP contribution in [-0.2, 0) is 6.54 Å². The molecule has 1 aliphatic heterocycles. The quantitative estimate of drug-likeness (QED) is 0.707. The second kappa shape index (κ2) is 6.69. The zero-order valence-corrected chi connectivity index (χ0v) is 15.6. The predicted molar refractivity (Wildman–Crippen MR) is 104 cm³/mol. The van der Waals surface area contributed by atoms with Gasteiger partial charge in [-0.2, -0.15) is 0 Å². The molecule has 2 aromatic carbocycles. The number of hydrogen-bond donors (Lipinski definition) is 1. The number of rotatable bonds is 4. The van der Waals surface area contributed by atoms with Crippen LogP contribution in [0.4, 0.5) is 0 Å². The van der Waals surface area contributed by atoms with E-state index in [-0.39, 0.29) is 18.1 Å². The number of carbonyl (C=O) groups excluding carboxylic acids is 1. The van der Waals surface area contributed by atoms with E-state index in [0.717, 1.165) is 28.6 Å². The third kappa shape index (κ3) is 2.84. The highest BCUT2D eigenvalue weighted by atomic mass is 35.5. The minimum Gasteiger partial charge on any atom is -0.486 e. The van der Waals surface area contributed by atoms with Crippen molar-refractivity contribution in [2.24, 2.45) is 0 Å². The van der Waals surface area contributed by atoms with E-state index in [9.17, 15) is 4.79 Å². The zero-order valence-electron chi connectivity index (χ0n) is 14.8. The van der Waals surface area contributed by atoms with Gasteiger partial charge in [-0.1, -0.05) is 48.9 Å². The van der Waals surface area contributed by atoms with E-state index in [1.165, 1.54) is 0 Å². The van der Waals surface area contributed by atoms with Crippen molar-refractivity contribution in [3.8, 4) is 5.75 Å². The predicted octanol–water partition coefficient (Wildman–Crippen LogP) is 4.96. The Morgan fingerprint density at radius 3 is 2.81 bits per heavy atom. The molecule has 4 rings (SSSR count). The summed E-state index contributed by atoms with van der Waals surface area (Å²) in [4.78, 5) is 13.0. The summed E-state index contributed by atoms with van der Waals surface area (Å²) in [5, 5.41) is 4.59. The number of halogens is 1. The molecule has 2 heterocycles. The van der Waals surface area contributed by atoms with E-state index in [1.807, 2.05) is 60.0 Å². The van der Waals surface area contributed by atoms with E-state index < -0.39 is 0 Å². The number of nitrogens with zero attached hydrogens (tertiary/aromatic N) is 1. The molecule has 2 atom stereocenters. The van der Waals surface area contributed by atoms with Crippen molar-refractivity contribution in [2.45, 2.75) is 39.0 Å². The molecule has 0 fully saturated rings. The van der Waals surface area contributed by atoms with Crippen molar-refractivity contribution >= 4 is 28.4 Å². The molecule has 5 heteroatoms. The van der Waals surface area contributed by atoms with Gasteiger partial charge in [-0.05, 0) is 37.1 Å². The molecule has 2 unspecified atom stereocenters. The smallest absolute Gasteiger partial charge is 0.268 e. The van der Waals surface area contributed by atoms with Gasteiger partial charge in [0, 0.05) is 5.39 Å². The van der Waals surface area contributed by atoms with Crippen LogP contribution >= 0.6 is 11.6 Å². The minimum absolute atomic E-state index is 0.0531. The van der Waals surface area contributed by atoms with Gasteiger partial charge in [0.15, 0.2) is 0 Å². The van der Waals surface area contributed by atoms with Gasteiger partial charge in [-0.15, -0.1) is 0 Å². The molecule has 0 radical (unpaired) electrons. The van der Waals surface area contributed by atoms with Crippen LogP contribution in [0, 0.1) is 0 Å². The van der Waals surface area contributed by atoms with Crippen LogP contribution in [0.25, 0.3) is 10.9 Å². The Morgan fingerprint density at radius 2 is 2.08 bits per heavy atom. The monoisotopic (exact) mass is 368 g/mol. The Labute approximate surface area is 157 Å². The highest BCUT2D eigenvalue weighted by Gasteiger charge is 2.27.